The quantitative estimate of drug-likeness (QED) is 0.307. The molecule has 258 valence electrons. The lowest BCUT2D eigenvalue weighted by molar-refractivity contribution is -0.141. The van der Waals surface area contributed by atoms with Crippen LogP contribution in [0.1, 0.15) is 80.2 Å². The van der Waals surface area contributed by atoms with E-state index in [0.29, 0.717) is 54.5 Å². The molecule has 11 heteroatoms. The number of Topliss-reactive ketones (excluding diaryl/α,β-unsaturated/α-hetero) is 1. The lowest BCUT2D eigenvalue weighted by Gasteiger charge is -2.32. The molecule has 1 fully saturated rings. The molecule has 11 nitrogen and oxygen atoms in total. The third kappa shape index (κ3) is 5.67. The van der Waals surface area contributed by atoms with E-state index in [1.54, 1.807) is 20.8 Å². The fourth-order valence-electron chi connectivity index (χ4n) is 7.72. The van der Waals surface area contributed by atoms with Crippen molar-refractivity contribution in [3.63, 3.8) is 0 Å². The molecule has 4 aliphatic heterocycles. The van der Waals surface area contributed by atoms with Crippen molar-refractivity contribution in [2.75, 3.05) is 26.4 Å². The summed E-state index contributed by atoms with van der Waals surface area (Å²) in [5.74, 6) is -1.25. The topological polar surface area (TPSA) is 161 Å². The molecule has 0 spiro atoms. The summed E-state index contributed by atoms with van der Waals surface area (Å²) in [7, 11) is 0. The van der Waals surface area contributed by atoms with E-state index in [2.05, 4.69) is 11.1 Å². The number of carbonyl (C=O) groups is 3. The van der Waals surface area contributed by atoms with Gasteiger partial charge in [-0.2, -0.15) is 0 Å². The van der Waals surface area contributed by atoms with Gasteiger partial charge in [0.25, 0.3) is 0 Å². The monoisotopic (exact) mass is 671 g/mol. The van der Waals surface area contributed by atoms with Crippen LogP contribution in [0.15, 0.2) is 34.0 Å². The highest BCUT2D eigenvalue weighted by Crippen LogP contribution is 2.56. The Morgan fingerprint density at radius 3 is 2.65 bits per heavy atom. The summed E-state index contributed by atoms with van der Waals surface area (Å²) < 4.78 is 24.5. The number of hydrogen-bond acceptors (Lipinski definition) is 11. The van der Waals surface area contributed by atoms with Crippen LogP contribution in [-0.4, -0.2) is 71.4 Å². The maximum atomic E-state index is 13.8. The van der Waals surface area contributed by atoms with Gasteiger partial charge in [-0.3, -0.25) is 14.6 Å². The van der Waals surface area contributed by atoms with Gasteiger partial charge in [-0.15, -0.1) is 0 Å². The fraction of sp³-hybridized carbons (Fsp3) is 0.474. The number of aliphatic hydroxyl groups is 3. The number of benzene rings is 2. The van der Waals surface area contributed by atoms with Gasteiger partial charge < -0.3 is 34.3 Å². The van der Waals surface area contributed by atoms with Crippen molar-refractivity contribution in [1.29, 1.82) is 0 Å². The molecule has 7 rings (SSSR count). The zero-order chi connectivity index (χ0) is 34.6. The molecule has 3 atom stereocenters. The highest BCUT2D eigenvalue weighted by atomic mass is 16.6. The van der Waals surface area contributed by atoms with Gasteiger partial charge in [-0.1, -0.05) is 11.6 Å². The molecule has 1 saturated carbocycles. The Morgan fingerprint density at radius 2 is 1.94 bits per heavy atom. The Kier molecular flexibility index (Phi) is 8.71. The predicted octanol–water partition coefficient (Wildman–Crippen LogP) is 2.30. The second-order valence-corrected chi connectivity index (χ2v) is 13.9. The van der Waals surface area contributed by atoms with E-state index in [0.717, 1.165) is 27.3 Å². The van der Waals surface area contributed by atoms with E-state index in [9.17, 15) is 29.7 Å². The first-order valence-electron chi connectivity index (χ1n) is 17.0. The van der Waals surface area contributed by atoms with Crippen LogP contribution in [0.4, 0.5) is 0 Å². The summed E-state index contributed by atoms with van der Waals surface area (Å²) in [6.45, 7) is 4.89. The minimum Gasteiger partial charge on any atom is -0.492 e. The van der Waals surface area contributed by atoms with Gasteiger partial charge in [0.2, 0.25) is 5.76 Å². The summed E-state index contributed by atoms with van der Waals surface area (Å²) in [5.41, 5.74) is 2.93. The summed E-state index contributed by atoms with van der Waals surface area (Å²) in [6.07, 6.45) is 4.09. The highest BCUT2D eigenvalue weighted by molar-refractivity contribution is 6.11. The third-order valence-corrected chi connectivity index (χ3v) is 10.3. The Balaban J connectivity index is 1.54. The molecule has 1 aliphatic carbocycles. The number of carbonyl (C=O) groups excluding carboxylic acids is 3. The molecule has 0 saturated heterocycles. The first-order chi connectivity index (χ1) is 23.6. The first kappa shape index (κ1) is 33.2. The number of nitrogens with zero attached hydrogens (tertiary/aromatic N) is 1. The first-order valence-corrected chi connectivity index (χ1v) is 17.0. The van der Waals surface area contributed by atoms with Crippen molar-refractivity contribution in [2.45, 2.75) is 83.5 Å². The van der Waals surface area contributed by atoms with Crippen molar-refractivity contribution in [3.05, 3.63) is 67.4 Å². The molecule has 4 heterocycles. The molecule has 2 bridgehead atoms. The van der Waals surface area contributed by atoms with Gasteiger partial charge in [0.15, 0.2) is 6.29 Å². The minimum absolute atomic E-state index is 0.0297. The molecule has 5 aliphatic rings. The van der Waals surface area contributed by atoms with Crippen molar-refractivity contribution in [3.8, 4) is 17.2 Å². The Labute approximate surface area is 283 Å². The summed E-state index contributed by atoms with van der Waals surface area (Å²) >= 11 is 0. The number of aliphatic hydroxyl groups excluding tert-OH is 2. The molecular weight excluding hydrogens is 630 g/mol. The number of ketones is 1. The van der Waals surface area contributed by atoms with Gasteiger partial charge in [0.1, 0.15) is 29.1 Å². The number of hydrogen-bond donors (Lipinski definition) is 3. The van der Waals surface area contributed by atoms with Gasteiger partial charge >= 0.3 is 5.97 Å². The SMILES string of the molecule is CCOC(=O)C1=C(C=O)C2=C3CCC(=O)[C@@H](C3)c3cc4c(cc3CC[C@H](CO)COc3c5c(c(CO)c(c32)O1)O[C@H](C(C)(C)O)C5)=NCC=4. The lowest BCUT2D eigenvalue weighted by atomic mass is 9.74. The van der Waals surface area contributed by atoms with Crippen LogP contribution in [0.25, 0.3) is 11.6 Å². The van der Waals surface area contributed by atoms with Gasteiger partial charge in [-0.05, 0) is 74.9 Å². The molecule has 3 N–H and O–H groups in total. The van der Waals surface area contributed by atoms with Crippen LogP contribution in [0, 0.1) is 5.92 Å². The van der Waals surface area contributed by atoms with Crippen LogP contribution in [-0.2, 0) is 38.6 Å². The Bertz CT molecular complexity index is 1950. The standard InChI is InChI=1S/C38H41NO10/c1-4-46-37(44)36-26(16-41)31-22-7-8-29(43)24(12-22)23-11-21-9-10-39-28(21)13-20(23)6-5-19(15-40)18-47-34-25-14-30(38(2,3)45)48-33(25)27(17-42)35(49-36)32(31)34/h9,11,13,16,19,24,30,40,42,45H,4-8,10,12,14-15,17-18H2,1-3H3/t19-,24+,30+/m1/s1. The molecule has 0 radical (unpaired) electrons. The van der Waals surface area contributed by atoms with E-state index in [-0.39, 0.29) is 79.2 Å². The van der Waals surface area contributed by atoms with E-state index in [1.165, 1.54) is 0 Å². The maximum Gasteiger partial charge on any atom is 0.375 e. The summed E-state index contributed by atoms with van der Waals surface area (Å²) in [4.78, 5) is 45.0. The van der Waals surface area contributed by atoms with Gasteiger partial charge in [-0.25, -0.2) is 4.79 Å². The van der Waals surface area contributed by atoms with Crippen molar-refractivity contribution >= 4 is 29.7 Å². The number of fused-ring (bicyclic) bond motifs is 7. The van der Waals surface area contributed by atoms with Crippen molar-refractivity contribution in [1.82, 2.24) is 0 Å². The average molecular weight is 672 g/mol. The van der Waals surface area contributed by atoms with Crippen molar-refractivity contribution in [2.24, 2.45) is 10.9 Å². The number of aldehydes is 1. The largest absolute Gasteiger partial charge is 0.492 e. The Morgan fingerprint density at radius 1 is 1.12 bits per heavy atom. The molecular formula is C38H41NO10. The van der Waals surface area contributed by atoms with Crippen LogP contribution < -0.4 is 24.8 Å². The molecule has 0 amide bonds. The average Bonchev–Trinajstić information content (AvgIpc) is 3.74. The molecule has 49 heavy (non-hydrogen) atoms. The van der Waals surface area contributed by atoms with E-state index < -0.39 is 30.2 Å². The lowest BCUT2D eigenvalue weighted by Crippen LogP contribution is -2.39. The second kappa shape index (κ2) is 12.9. The fourth-order valence-corrected chi connectivity index (χ4v) is 7.72. The number of rotatable bonds is 6. The van der Waals surface area contributed by atoms with E-state index >= 15 is 0 Å². The van der Waals surface area contributed by atoms with Crippen LogP contribution in [0.2, 0.25) is 0 Å². The van der Waals surface area contributed by atoms with Gasteiger partial charge in [0, 0.05) is 42.4 Å². The number of ether oxygens (including phenoxy) is 4. The Hall–Kier alpha value is -4.32. The third-order valence-electron chi connectivity index (χ3n) is 10.3. The summed E-state index contributed by atoms with van der Waals surface area (Å²) in [6, 6.07) is 4.10. The molecule has 2 aromatic carbocycles. The number of allylic oxidation sites excluding steroid dienone is 3. The van der Waals surface area contributed by atoms with E-state index in [4.69, 9.17) is 18.9 Å². The predicted molar refractivity (Wildman–Crippen MR) is 177 cm³/mol. The molecule has 0 unspecified atom stereocenters. The second-order valence-electron chi connectivity index (χ2n) is 13.9. The zero-order valence-electron chi connectivity index (χ0n) is 28.0. The van der Waals surface area contributed by atoms with Gasteiger partial charge in [0.05, 0.1) is 54.0 Å². The zero-order valence-corrected chi connectivity index (χ0v) is 28.0. The number of esters is 1. The smallest absolute Gasteiger partial charge is 0.375 e. The summed E-state index contributed by atoms with van der Waals surface area (Å²) in [5, 5.41) is 34.2. The van der Waals surface area contributed by atoms with Crippen LogP contribution in [0.3, 0.4) is 0 Å². The molecule has 2 aromatic rings. The normalized spacial score (nSPS) is 22.7. The number of aryl methyl sites for hydroxylation is 1. The maximum absolute atomic E-state index is 13.8. The van der Waals surface area contributed by atoms with E-state index in [1.807, 2.05) is 12.1 Å². The van der Waals surface area contributed by atoms with Crippen molar-refractivity contribution < 1.29 is 48.7 Å². The molecule has 0 aromatic heterocycles. The van der Waals surface area contributed by atoms with Crippen LogP contribution in [0.5, 0.6) is 17.2 Å². The van der Waals surface area contributed by atoms with Crippen LogP contribution >= 0.6 is 0 Å². The minimum atomic E-state index is -1.27. The highest BCUT2D eigenvalue weighted by Gasteiger charge is 2.45.